The van der Waals surface area contributed by atoms with E-state index in [1.807, 2.05) is 0 Å². The number of carboxylic acids is 2. The van der Waals surface area contributed by atoms with Gasteiger partial charge in [0.2, 0.25) is 0 Å². The molecule has 0 aliphatic rings. The summed E-state index contributed by atoms with van der Waals surface area (Å²) in [5.74, 6) is -3.49. The van der Waals surface area contributed by atoms with Crippen LogP contribution < -0.4 is 10.6 Å². The largest absolute Gasteiger partial charge is 0.479 e. The Morgan fingerprint density at radius 3 is 1.18 bits per heavy atom. The van der Waals surface area contributed by atoms with E-state index in [4.69, 9.17) is 0 Å². The number of carboxylic acid groups (broad SMARTS) is 2. The molecule has 0 aliphatic carbocycles. The Morgan fingerprint density at radius 1 is 0.500 bits per heavy atom. The number of carbonyl (C=O) groups excluding carboxylic acids is 2. The van der Waals surface area contributed by atoms with E-state index in [1.54, 1.807) is 109 Å². The summed E-state index contributed by atoms with van der Waals surface area (Å²) in [4.78, 5) is 51.2. The van der Waals surface area contributed by atoms with E-state index in [1.165, 1.54) is 21.6 Å². The number of carbonyl (C=O) groups is 4. The Morgan fingerprint density at radius 2 is 0.825 bits per heavy atom. The van der Waals surface area contributed by atoms with Crippen LogP contribution in [0.15, 0.2) is 119 Å². The summed E-state index contributed by atoms with van der Waals surface area (Å²) in [6, 6.07) is 27.9. The lowest BCUT2D eigenvalue weighted by atomic mass is 10.1. The zero-order valence-electron chi connectivity index (χ0n) is 20.9. The zero-order chi connectivity index (χ0) is 28.5. The Bertz CT molecular complexity index is 1400. The van der Waals surface area contributed by atoms with Crippen molar-refractivity contribution in [1.29, 1.82) is 0 Å². The molecule has 40 heavy (non-hydrogen) atoms. The van der Waals surface area contributed by atoms with Crippen molar-refractivity contribution < 1.29 is 29.4 Å². The summed E-state index contributed by atoms with van der Waals surface area (Å²) in [5, 5.41) is 24.6. The summed E-state index contributed by atoms with van der Waals surface area (Å²) >= 11 is 0. The number of rotatable bonds is 11. The lowest BCUT2D eigenvalue weighted by Crippen LogP contribution is -2.34. The van der Waals surface area contributed by atoms with Crippen molar-refractivity contribution >= 4 is 45.3 Å². The molecular formula is C30H24N2O6S2. The van der Waals surface area contributed by atoms with Crippen molar-refractivity contribution in [2.75, 3.05) is 0 Å². The molecule has 10 heteroatoms. The van der Waals surface area contributed by atoms with E-state index in [0.717, 1.165) is 0 Å². The number of aliphatic carboxylic acids is 2. The number of amides is 2. The molecule has 0 fully saturated rings. The SMILES string of the molecule is O=C(N[C@@H](C(=O)O)c1ccccc1)c1ccccc1SSc1ccccc1C(=O)N[C@@H](C(=O)O)c1ccccc1. The van der Waals surface area contributed by atoms with Gasteiger partial charge in [-0.3, -0.25) is 9.59 Å². The molecule has 202 valence electrons. The van der Waals surface area contributed by atoms with Gasteiger partial charge in [-0.15, -0.1) is 0 Å². The fourth-order valence-corrected chi connectivity index (χ4v) is 6.19. The van der Waals surface area contributed by atoms with Crippen LogP contribution >= 0.6 is 21.6 Å². The molecule has 0 bridgehead atoms. The Balaban J connectivity index is 1.51. The second-order valence-corrected chi connectivity index (χ2v) is 10.7. The van der Waals surface area contributed by atoms with E-state index in [2.05, 4.69) is 10.6 Å². The summed E-state index contributed by atoms with van der Waals surface area (Å²) in [5.41, 5.74) is 1.44. The fraction of sp³-hybridized carbons (Fsp3) is 0.0667. The van der Waals surface area contributed by atoms with Crippen LogP contribution in [-0.2, 0) is 9.59 Å². The Labute approximate surface area is 238 Å². The third-order valence-electron chi connectivity index (χ3n) is 5.80. The van der Waals surface area contributed by atoms with Gasteiger partial charge in [-0.05, 0) is 35.4 Å². The van der Waals surface area contributed by atoms with E-state index in [0.29, 0.717) is 20.9 Å². The topological polar surface area (TPSA) is 133 Å². The van der Waals surface area contributed by atoms with Crippen LogP contribution in [0.3, 0.4) is 0 Å². The van der Waals surface area contributed by atoms with E-state index >= 15 is 0 Å². The predicted molar refractivity (Wildman–Crippen MR) is 153 cm³/mol. The first-order valence-electron chi connectivity index (χ1n) is 12.0. The second kappa shape index (κ2) is 13.5. The maximum atomic E-state index is 13.1. The molecule has 0 aliphatic heterocycles. The summed E-state index contributed by atoms with van der Waals surface area (Å²) < 4.78 is 0. The van der Waals surface area contributed by atoms with Gasteiger partial charge in [0.25, 0.3) is 11.8 Å². The van der Waals surface area contributed by atoms with Crippen LogP contribution in [0.5, 0.6) is 0 Å². The Hall–Kier alpha value is -4.54. The van der Waals surface area contributed by atoms with Gasteiger partial charge in [0.15, 0.2) is 12.1 Å². The molecule has 0 saturated carbocycles. The van der Waals surface area contributed by atoms with Crippen molar-refractivity contribution in [3.8, 4) is 0 Å². The average Bonchev–Trinajstić information content (AvgIpc) is 2.98. The molecule has 4 rings (SSSR count). The highest BCUT2D eigenvalue weighted by atomic mass is 33.1. The van der Waals surface area contributed by atoms with Crippen molar-refractivity contribution in [2.24, 2.45) is 0 Å². The molecule has 0 saturated heterocycles. The maximum Gasteiger partial charge on any atom is 0.330 e. The number of nitrogens with one attached hydrogen (secondary N) is 2. The Kier molecular flexibility index (Phi) is 9.61. The molecular weight excluding hydrogens is 548 g/mol. The molecule has 0 spiro atoms. The van der Waals surface area contributed by atoms with E-state index in [-0.39, 0.29) is 11.1 Å². The highest BCUT2D eigenvalue weighted by Gasteiger charge is 2.25. The molecule has 4 aromatic rings. The van der Waals surface area contributed by atoms with Gasteiger partial charge >= 0.3 is 11.9 Å². The number of hydrogen-bond acceptors (Lipinski definition) is 6. The lowest BCUT2D eigenvalue weighted by molar-refractivity contribution is -0.140. The molecule has 4 aromatic carbocycles. The van der Waals surface area contributed by atoms with E-state index in [9.17, 15) is 29.4 Å². The first kappa shape index (κ1) is 28.5. The van der Waals surface area contributed by atoms with Crippen LogP contribution in [0.4, 0.5) is 0 Å². The minimum atomic E-state index is -1.23. The number of hydrogen-bond donors (Lipinski definition) is 4. The van der Waals surface area contributed by atoms with Gasteiger partial charge in [-0.1, -0.05) is 107 Å². The monoisotopic (exact) mass is 572 g/mol. The normalized spacial score (nSPS) is 12.1. The third-order valence-corrected chi connectivity index (χ3v) is 8.28. The quantitative estimate of drug-likeness (QED) is 0.171. The van der Waals surface area contributed by atoms with Crippen LogP contribution in [0.25, 0.3) is 0 Å². The van der Waals surface area contributed by atoms with Crippen LogP contribution in [0, 0.1) is 0 Å². The first-order chi connectivity index (χ1) is 19.3. The summed E-state index contributed by atoms with van der Waals surface area (Å²) in [7, 11) is 2.45. The fourth-order valence-electron chi connectivity index (χ4n) is 3.83. The molecule has 2 amide bonds. The molecule has 0 unspecified atom stereocenters. The average molecular weight is 573 g/mol. The minimum absolute atomic E-state index is 0.277. The highest BCUT2D eigenvalue weighted by molar-refractivity contribution is 8.76. The molecule has 0 heterocycles. The lowest BCUT2D eigenvalue weighted by Gasteiger charge is -2.17. The van der Waals surface area contributed by atoms with Gasteiger partial charge in [0.05, 0.1) is 11.1 Å². The van der Waals surface area contributed by atoms with Gasteiger partial charge in [-0.2, -0.15) is 0 Å². The van der Waals surface area contributed by atoms with Gasteiger partial charge < -0.3 is 20.8 Å². The standard InChI is InChI=1S/C30H24N2O6S2/c33-27(31-25(29(35)36)19-11-3-1-4-12-19)21-15-7-9-17-23(21)39-40-24-18-10-8-16-22(24)28(34)32-26(30(37)38)20-13-5-2-6-14-20/h1-18,25-26H,(H,31,33)(H,32,34)(H,35,36)(H,37,38)/t25-,26-/m1/s1. The molecule has 0 aromatic heterocycles. The number of benzene rings is 4. The van der Waals surface area contributed by atoms with Crippen LogP contribution in [0.2, 0.25) is 0 Å². The molecule has 8 nitrogen and oxygen atoms in total. The highest BCUT2D eigenvalue weighted by Crippen LogP contribution is 2.40. The summed E-state index contributed by atoms with van der Waals surface area (Å²) in [6.45, 7) is 0. The molecule has 0 radical (unpaired) electrons. The van der Waals surface area contributed by atoms with Crippen LogP contribution in [-0.4, -0.2) is 34.0 Å². The molecule has 4 N–H and O–H groups in total. The minimum Gasteiger partial charge on any atom is -0.479 e. The maximum absolute atomic E-state index is 13.1. The van der Waals surface area contributed by atoms with Gasteiger partial charge in [0.1, 0.15) is 0 Å². The second-order valence-electron chi connectivity index (χ2n) is 8.47. The first-order valence-corrected chi connectivity index (χ1v) is 14.2. The smallest absolute Gasteiger partial charge is 0.330 e. The third kappa shape index (κ3) is 7.10. The van der Waals surface area contributed by atoms with Crippen molar-refractivity contribution in [1.82, 2.24) is 10.6 Å². The van der Waals surface area contributed by atoms with Crippen LogP contribution in [0.1, 0.15) is 43.9 Å². The van der Waals surface area contributed by atoms with E-state index < -0.39 is 35.8 Å². The van der Waals surface area contributed by atoms with Crippen molar-refractivity contribution in [2.45, 2.75) is 21.9 Å². The van der Waals surface area contributed by atoms with Gasteiger partial charge in [0, 0.05) is 9.79 Å². The van der Waals surface area contributed by atoms with Crippen molar-refractivity contribution in [3.05, 3.63) is 131 Å². The van der Waals surface area contributed by atoms with Crippen molar-refractivity contribution in [3.63, 3.8) is 0 Å². The molecule has 2 atom stereocenters. The van der Waals surface area contributed by atoms with Gasteiger partial charge in [-0.25, -0.2) is 9.59 Å². The predicted octanol–water partition coefficient (Wildman–Crippen LogP) is 5.60. The zero-order valence-corrected chi connectivity index (χ0v) is 22.5. The summed E-state index contributed by atoms with van der Waals surface area (Å²) in [6.07, 6.45) is 0.